The zero-order chi connectivity index (χ0) is 13.2. The Morgan fingerprint density at radius 2 is 2.32 bits per heavy atom. The molecule has 0 aromatic carbocycles. The van der Waals surface area contributed by atoms with Crippen LogP contribution in [0, 0.1) is 17.8 Å². The molecule has 2 saturated carbocycles. The van der Waals surface area contributed by atoms with E-state index in [-0.39, 0.29) is 0 Å². The number of nitrogens with one attached hydrogen (secondary N) is 1. The third-order valence-corrected chi connectivity index (χ3v) is 5.55. The minimum Gasteiger partial charge on any atom is -0.317 e. The molecule has 1 aromatic rings. The van der Waals surface area contributed by atoms with Gasteiger partial charge in [-0.05, 0) is 69.4 Å². The third kappa shape index (κ3) is 2.86. The van der Waals surface area contributed by atoms with E-state index in [0.717, 1.165) is 24.2 Å². The summed E-state index contributed by atoms with van der Waals surface area (Å²) < 4.78 is 2.00. The summed E-state index contributed by atoms with van der Waals surface area (Å²) in [6.07, 6.45) is 11.7. The molecule has 0 aliphatic heterocycles. The van der Waals surface area contributed by atoms with Crippen LogP contribution in [-0.4, -0.2) is 22.9 Å². The van der Waals surface area contributed by atoms with Crippen molar-refractivity contribution in [1.29, 1.82) is 0 Å². The molecule has 1 N–H and O–H groups in total. The molecule has 0 spiro atoms. The van der Waals surface area contributed by atoms with Crippen LogP contribution in [0.2, 0.25) is 0 Å². The molecule has 2 aliphatic rings. The van der Waals surface area contributed by atoms with Crippen LogP contribution in [0.4, 0.5) is 0 Å². The molecule has 3 nitrogen and oxygen atoms in total. The van der Waals surface area contributed by atoms with Gasteiger partial charge in [0.25, 0.3) is 0 Å². The molecule has 2 fully saturated rings. The molecule has 19 heavy (non-hydrogen) atoms. The van der Waals surface area contributed by atoms with E-state index in [2.05, 4.69) is 23.5 Å². The van der Waals surface area contributed by atoms with Crippen LogP contribution < -0.4 is 5.32 Å². The van der Waals surface area contributed by atoms with Crippen LogP contribution in [-0.2, 0) is 13.5 Å². The van der Waals surface area contributed by atoms with Gasteiger partial charge in [-0.25, -0.2) is 0 Å². The summed E-state index contributed by atoms with van der Waals surface area (Å²) in [6.45, 7) is 0. The van der Waals surface area contributed by atoms with Crippen molar-refractivity contribution in [3.05, 3.63) is 18.0 Å². The molecule has 1 heterocycles. The largest absolute Gasteiger partial charge is 0.317 e. The maximum absolute atomic E-state index is 4.25. The van der Waals surface area contributed by atoms with Crippen LogP contribution in [0.3, 0.4) is 0 Å². The van der Waals surface area contributed by atoms with Crippen molar-refractivity contribution in [2.75, 3.05) is 7.05 Å². The lowest BCUT2D eigenvalue weighted by atomic mass is 9.83. The molecule has 2 bridgehead atoms. The van der Waals surface area contributed by atoms with E-state index < -0.39 is 0 Å². The Morgan fingerprint density at radius 1 is 1.42 bits per heavy atom. The van der Waals surface area contributed by atoms with E-state index >= 15 is 0 Å². The first-order valence-corrected chi connectivity index (χ1v) is 7.90. The van der Waals surface area contributed by atoms with Crippen LogP contribution in [0.15, 0.2) is 12.3 Å². The number of rotatable bonds is 6. The maximum atomic E-state index is 4.25. The highest BCUT2D eigenvalue weighted by Gasteiger charge is 2.39. The van der Waals surface area contributed by atoms with Crippen molar-refractivity contribution in [2.45, 2.75) is 51.0 Å². The summed E-state index contributed by atoms with van der Waals surface area (Å²) in [5.74, 6) is 3.13. The van der Waals surface area contributed by atoms with Crippen molar-refractivity contribution in [2.24, 2.45) is 24.8 Å². The number of hydrogen-bond donors (Lipinski definition) is 1. The quantitative estimate of drug-likeness (QED) is 0.853. The summed E-state index contributed by atoms with van der Waals surface area (Å²) in [4.78, 5) is 0. The molecule has 2 aliphatic carbocycles. The Kier molecular flexibility index (Phi) is 3.92. The third-order valence-electron chi connectivity index (χ3n) is 5.55. The molecular weight excluding hydrogens is 234 g/mol. The Hall–Kier alpha value is -0.830. The highest BCUT2D eigenvalue weighted by Crippen LogP contribution is 2.50. The number of nitrogens with zero attached hydrogens (tertiary/aromatic N) is 2. The predicted octanol–water partition coefficient (Wildman–Crippen LogP) is 2.77. The van der Waals surface area contributed by atoms with Gasteiger partial charge in [0, 0.05) is 25.0 Å². The smallest absolute Gasteiger partial charge is 0.0492 e. The molecule has 106 valence electrons. The maximum Gasteiger partial charge on any atom is 0.0492 e. The molecule has 4 unspecified atom stereocenters. The molecule has 4 atom stereocenters. The SMILES string of the molecule is CNC(CCc1ccnn1C)CC1CC2CCC1C2. The lowest BCUT2D eigenvalue weighted by Crippen LogP contribution is -2.30. The normalized spacial score (nSPS) is 30.9. The summed E-state index contributed by atoms with van der Waals surface area (Å²) >= 11 is 0. The molecular formula is C16H27N3. The first kappa shape index (κ1) is 13.2. The second-order valence-corrected chi connectivity index (χ2v) is 6.64. The van der Waals surface area contributed by atoms with E-state index in [4.69, 9.17) is 0 Å². The summed E-state index contributed by atoms with van der Waals surface area (Å²) in [5.41, 5.74) is 1.35. The Morgan fingerprint density at radius 3 is 2.89 bits per heavy atom. The number of hydrogen-bond acceptors (Lipinski definition) is 2. The predicted molar refractivity (Wildman–Crippen MR) is 77.9 cm³/mol. The van der Waals surface area contributed by atoms with Crippen LogP contribution in [0.5, 0.6) is 0 Å². The molecule has 0 amide bonds. The fraction of sp³-hybridized carbons (Fsp3) is 0.812. The van der Waals surface area contributed by atoms with Gasteiger partial charge in [0.15, 0.2) is 0 Å². The van der Waals surface area contributed by atoms with E-state index in [1.165, 1.54) is 44.2 Å². The van der Waals surface area contributed by atoms with Crippen LogP contribution >= 0.6 is 0 Å². The number of aromatic nitrogens is 2. The van der Waals surface area contributed by atoms with Crippen molar-refractivity contribution in [3.8, 4) is 0 Å². The summed E-state index contributed by atoms with van der Waals surface area (Å²) in [6, 6.07) is 2.82. The second kappa shape index (κ2) is 5.66. The van der Waals surface area contributed by atoms with Gasteiger partial charge < -0.3 is 5.32 Å². The molecule has 3 heteroatoms. The van der Waals surface area contributed by atoms with E-state index in [1.54, 1.807) is 0 Å². The summed E-state index contributed by atoms with van der Waals surface area (Å²) in [5, 5.41) is 7.79. The van der Waals surface area contributed by atoms with Crippen molar-refractivity contribution < 1.29 is 0 Å². The molecule has 0 radical (unpaired) electrons. The topological polar surface area (TPSA) is 29.9 Å². The van der Waals surface area contributed by atoms with Gasteiger partial charge in [-0.3, -0.25) is 4.68 Å². The standard InChI is InChI=1S/C16H27N3/c1-17-15(5-6-16-7-8-18-19(16)2)11-14-10-12-3-4-13(14)9-12/h7-8,12-15,17H,3-6,9-11H2,1-2H3. The van der Waals surface area contributed by atoms with Gasteiger partial charge in [0.2, 0.25) is 0 Å². The zero-order valence-corrected chi connectivity index (χ0v) is 12.3. The molecule has 3 rings (SSSR count). The van der Waals surface area contributed by atoms with Gasteiger partial charge in [0.1, 0.15) is 0 Å². The monoisotopic (exact) mass is 261 g/mol. The lowest BCUT2D eigenvalue weighted by molar-refractivity contribution is 0.276. The van der Waals surface area contributed by atoms with Crippen molar-refractivity contribution in [1.82, 2.24) is 15.1 Å². The number of fused-ring (bicyclic) bond motifs is 2. The van der Waals surface area contributed by atoms with Gasteiger partial charge in [-0.1, -0.05) is 6.42 Å². The fourth-order valence-corrected chi connectivity index (χ4v) is 4.38. The highest BCUT2D eigenvalue weighted by atomic mass is 15.2. The van der Waals surface area contributed by atoms with E-state index in [9.17, 15) is 0 Å². The number of aryl methyl sites for hydroxylation is 2. The Bertz CT molecular complexity index is 412. The Labute approximate surface area is 116 Å². The molecule has 0 saturated heterocycles. The first-order chi connectivity index (χ1) is 9.26. The van der Waals surface area contributed by atoms with Crippen LogP contribution in [0.1, 0.15) is 44.2 Å². The van der Waals surface area contributed by atoms with E-state index in [1.807, 2.05) is 17.9 Å². The second-order valence-electron chi connectivity index (χ2n) is 6.64. The van der Waals surface area contributed by atoms with Gasteiger partial charge in [-0.2, -0.15) is 5.10 Å². The zero-order valence-electron chi connectivity index (χ0n) is 12.3. The van der Waals surface area contributed by atoms with E-state index in [0.29, 0.717) is 6.04 Å². The van der Waals surface area contributed by atoms with Crippen molar-refractivity contribution >= 4 is 0 Å². The highest BCUT2D eigenvalue weighted by molar-refractivity contribution is 5.00. The average molecular weight is 261 g/mol. The van der Waals surface area contributed by atoms with Crippen molar-refractivity contribution in [3.63, 3.8) is 0 Å². The van der Waals surface area contributed by atoms with Gasteiger partial charge in [-0.15, -0.1) is 0 Å². The van der Waals surface area contributed by atoms with Gasteiger partial charge in [0.05, 0.1) is 0 Å². The molecule has 1 aromatic heterocycles. The average Bonchev–Trinajstić information content (AvgIpc) is 3.11. The van der Waals surface area contributed by atoms with Crippen LogP contribution in [0.25, 0.3) is 0 Å². The fourth-order valence-electron chi connectivity index (χ4n) is 4.38. The lowest BCUT2D eigenvalue weighted by Gasteiger charge is -2.26. The first-order valence-electron chi connectivity index (χ1n) is 7.90. The summed E-state index contributed by atoms with van der Waals surface area (Å²) in [7, 11) is 4.17. The minimum atomic E-state index is 0.680. The Balaban J connectivity index is 1.49. The van der Waals surface area contributed by atoms with Gasteiger partial charge >= 0.3 is 0 Å². The minimum absolute atomic E-state index is 0.680.